The van der Waals surface area contributed by atoms with Gasteiger partial charge in [0.2, 0.25) is 5.82 Å². The van der Waals surface area contributed by atoms with Crippen LogP contribution in [0.25, 0.3) is 0 Å². The molecular formula is C9H8ClF3N2O2. The number of esters is 1. The van der Waals surface area contributed by atoms with Crippen LogP contribution in [0.3, 0.4) is 0 Å². The molecule has 0 unspecified atom stereocenters. The van der Waals surface area contributed by atoms with E-state index in [1.165, 1.54) is 0 Å². The van der Waals surface area contributed by atoms with Gasteiger partial charge in [-0.25, -0.2) is 14.8 Å². The van der Waals surface area contributed by atoms with Crippen LogP contribution in [-0.2, 0) is 10.9 Å². The number of hydrogen-bond donors (Lipinski definition) is 0. The molecule has 0 N–H and O–H groups in total. The van der Waals surface area contributed by atoms with E-state index in [1.54, 1.807) is 13.8 Å². The first kappa shape index (κ1) is 13.7. The first-order chi connectivity index (χ1) is 7.71. The fourth-order valence-electron chi connectivity index (χ4n) is 0.917. The molecule has 0 saturated heterocycles. The van der Waals surface area contributed by atoms with Crippen LogP contribution in [0, 0.1) is 0 Å². The molecule has 0 amide bonds. The predicted octanol–water partition coefficient (Wildman–Crippen LogP) is 2.71. The molecule has 94 valence electrons. The average molecular weight is 269 g/mol. The van der Waals surface area contributed by atoms with Gasteiger partial charge in [-0.15, -0.1) is 0 Å². The number of carbonyl (C=O) groups excluding carboxylic acids is 1. The lowest BCUT2D eigenvalue weighted by atomic mass is 10.4. The second-order valence-electron chi connectivity index (χ2n) is 3.34. The maximum atomic E-state index is 12.3. The molecule has 1 aromatic rings. The lowest BCUT2D eigenvalue weighted by molar-refractivity contribution is -0.145. The van der Waals surface area contributed by atoms with Crippen molar-refractivity contribution in [1.82, 2.24) is 9.97 Å². The smallest absolute Gasteiger partial charge is 0.451 e. The molecule has 0 saturated carbocycles. The summed E-state index contributed by atoms with van der Waals surface area (Å²) in [5.74, 6) is -2.45. The van der Waals surface area contributed by atoms with Crippen LogP contribution in [0.15, 0.2) is 6.20 Å². The summed E-state index contributed by atoms with van der Waals surface area (Å²) in [5, 5.41) is -0.288. The minimum atomic E-state index is -4.74. The molecule has 1 heterocycles. The van der Waals surface area contributed by atoms with Crippen molar-refractivity contribution in [2.45, 2.75) is 26.1 Å². The van der Waals surface area contributed by atoms with Gasteiger partial charge >= 0.3 is 12.1 Å². The van der Waals surface area contributed by atoms with Crippen molar-refractivity contribution in [3.05, 3.63) is 22.7 Å². The Labute approximate surface area is 99.8 Å². The Kier molecular flexibility index (Phi) is 3.92. The van der Waals surface area contributed by atoms with Crippen molar-refractivity contribution >= 4 is 17.6 Å². The highest BCUT2D eigenvalue weighted by Crippen LogP contribution is 2.27. The molecular weight excluding hydrogens is 261 g/mol. The summed E-state index contributed by atoms with van der Waals surface area (Å²) in [6, 6.07) is 0. The van der Waals surface area contributed by atoms with E-state index in [9.17, 15) is 18.0 Å². The largest absolute Gasteiger partial charge is 0.458 e. The van der Waals surface area contributed by atoms with Crippen LogP contribution < -0.4 is 0 Å². The molecule has 8 heteroatoms. The lowest BCUT2D eigenvalue weighted by Crippen LogP contribution is -2.18. The molecule has 17 heavy (non-hydrogen) atoms. The highest BCUT2D eigenvalue weighted by atomic mass is 35.5. The molecule has 4 nitrogen and oxygen atoms in total. The molecule has 0 aromatic carbocycles. The minimum Gasteiger partial charge on any atom is -0.458 e. The standard InChI is InChI=1S/C9H8ClF3N2O2/c1-4(2)17-7(16)6-5(10)3-14-8(15-6)9(11,12)13/h3-4H,1-2H3. The molecule has 0 aliphatic rings. The zero-order valence-electron chi connectivity index (χ0n) is 8.88. The monoisotopic (exact) mass is 268 g/mol. The summed E-state index contributed by atoms with van der Waals surface area (Å²) in [5.41, 5.74) is -0.595. The molecule has 0 aliphatic heterocycles. The quantitative estimate of drug-likeness (QED) is 0.774. The van der Waals surface area contributed by atoms with Crippen molar-refractivity contribution < 1.29 is 22.7 Å². The SMILES string of the molecule is CC(C)OC(=O)c1nc(C(F)(F)F)ncc1Cl. The Morgan fingerprint density at radius 3 is 2.53 bits per heavy atom. The zero-order valence-corrected chi connectivity index (χ0v) is 9.63. The second kappa shape index (κ2) is 4.87. The van der Waals surface area contributed by atoms with E-state index < -0.39 is 29.8 Å². The molecule has 0 spiro atoms. The molecule has 1 aromatic heterocycles. The third-order valence-corrected chi connectivity index (χ3v) is 1.81. The van der Waals surface area contributed by atoms with Gasteiger partial charge in [0.1, 0.15) is 0 Å². The Hall–Kier alpha value is -1.37. The van der Waals surface area contributed by atoms with E-state index in [0.717, 1.165) is 0 Å². The van der Waals surface area contributed by atoms with Gasteiger partial charge in [-0.1, -0.05) is 11.6 Å². The van der Waals surface area contributed by atoms with E-state index in [2.05, 4.69) is 9.97 Å². The van der Waals surface area contributed by atoms with Gasteiger partial charge in [-0.3, -0.25) is 0 Å². The Morgan fingerprint density at radius 2 is 2.06 bits per heavy atom. The summed E-state index contributed by atoms with van der Waals surface area (Å²) < 4.78 is 41.6. The van der Waals surface area contributed by atoms with Crippen molar-refractivity contribution in [3.63, 3.8) is 0 Å². The Bertz CT molecular complexity index is 435. The summed E-state index contributed by atoms with van der Waals surface area (Å²) in [4.78, 5) is 17.4. The number of aromatic nitrogens is 2. The van der Waals surface area contributed by atoms with Gasteiger partial charge in [0, 0.05) is 0 Å². The van der Waals surface area contributed by atoms with Gasteiger partial charge in [-0.05, 0) is 13.8 Å². The molecule has 0 fully saturated rings. The molecule has 0 bridgehead atoms. The normalized spacial score (nSPS) is 11.7. The summed E-state index contributed by atoms with van der Waals surface area (Å²) in [7, 11) is 0. The highest BCUT2D eigenvalue weighted by molar-refractivity contribution is 6.33. The molecule has 0 aliphatic carbocycles. The van der Waals surface area contributed by atoms with E-state index in [-0.39, 0.29) is 5.02 Å². The van der Waals surface area contributed by atoms with E-state index in [1.807, 2.05) is 0 Å². The number of alkyl halides is 3. The maximum Gasteiger partial charge on any atom is 0.451 e. The van der Waals surface area contributed by atoms with Crippen LogP contribution in [0.1, 0.15) is 30.2 Å². The van der Waals surface area contributed by atoms with Crippen molar-refractivity contribution in [2.75, 3.05) is 0 Å². The fourth-order valence-corrected chi connectivity index (χ4v) is 1.08. The highest BCUT2D eigenvalue weighted by Gasteiger charge is 2.36. The fraction of sp³-hybridized carbons (Fsp3) is 0.444. The van der Waals surface area contributed by atoms with Gasteiger partial charge in [0.15, 0.2) is 5.69 Å². The molecule has 0 atom stereocenters. The Balaban J connectivity index is 3.11. The van der Waals surface area contributed by atoms with Crippen molar-refractivity contribution in [3.8, 4) is 0 Å². The second-order valence-corrected chi connectivity index (χ2v) is 3.75. The summed E-state index contributed by atoms with van der Waals surface area (Å²) >= 11 is 5.53. The number of halogens is 4. The third kappa shape index (κ3) is 3.55. The van der Waals surface area contributed by atoms with Crippen LogP contribution in [0.5, 0.6) is 0 Å². The minimum absolute atomic E-state index is 0.288. The van der Waals surface area contributed by atoms with Crippen LogP contribution >= 0.6 is 11.6 Å². The molecule has 1 rings (SSSR count). The summed E-state index contributed by atoms with van der Waals surface area (Å²) in [6.45, 7) is 3.11. The topological polar surface area (TPSA) is 52.1 Å². The Morgan fingerprint density at radius 1 is 1.47 bits per heavy atom. The maximum absolute atomic E-state index is 12.3. The number of nitrogens with zero attached hydrogens (tertiary/aromatic N) is 2. The van der Waals surface area contributed by atoms with E-state index >= 15 is 0 Å². The third-order valence-electron chi connectivity index (χ3n) is 1.53. The number of hydrogen-bond acceptors (Lipinski definition) is 4. The number of rotatable bonds is 2. The van der Waals surface area contributed by atoms with Crippen LogP contribution in [0.2, 0.25) is 5.02 Å². The van der Waals surface area contributed by atoms with Crippen molar-refractivity contribution in [2.24, 2.45) is 0 Å². The number of carbonyl (C=O) groups is 1. The first-order valence-corrected chi connectivity index (χ1v) is 4.90. The van der Waals surface area contributed by atoms with Crippen LogP contribution in [-0.4, -0.2) is 22.0 Å². The van der Waals surface area contributed by atoms with Crippen LogP contribution in [0.4, 0.5) is 13.2 Å². The van der Waals surface area contributed by atoms with Gasteiger partial charge < -0.3 is 4.74 Å². The van der Waals surface area contributed by atoms with E-state index in [4.69, 9.17) is 16.3 Å². The van der Waals surface area contributed by atoms with E-state index in [0.29, 0.717) is 6.20 Å². The van der Waals surface area contributed by atoms with Gasteiger partial charge in [0.05, 0.1) is 17.3 Å². The lowest BCUT2D eigenvalue weighted by Gasteiger charge is -2.10. The van der Waals surface area contributed by atoms with Gasteiger partial charge in [-0.2, -0.15) is 13.2 Å². The first-order valence-electron chi connectivity index (χ1n) is 4.52. The predicted molar refractivity (Wildman–Crippen MR) is 52.6 cm³/mol. The zero-order chi connectivity index (χ0) is 13.2. The summed E-state index contributed by atoms with van der Waals surface area (Å²) in [6.07, 6.45) is -4.51. The van der Waals surface area contributed by atoms with Gasteiger partial charge in [0.25, 0.3) is 0 Å². The number of ether oxygens (including phenoxy) is 1. The molecule has 0 radical (unpaired) electrons. The van der Waals surface area contributed by atoms with Crippen molar-refractivity contribution in [1.29, 1.82) is 0 Å². The average Bonchev–Trinajstić information content (AvgIpc) is 2.15.